The van der Waals surface area contributed by atoms with Crippen molar-refractivity contribution < 1.29 is 4.79 Å². The van der Waals surface area contributed by atoms with E-state index in [1.807, 2.05) is 37.3 Å². The summed E-state index contributed by atoms with van der Waals surface area (Å²) in [6.07, 6.45) is 8.61. The highest BCUT2D eigenvalue weighted by Crippen LogP contribution is 2.15. The summed E-state index contributed by atoms with van der Waals surface area (Å²) in [6, 6.07) is 5.49. The number of allylic oxidation sites excluding steroid dienone is 3. The predicted molar refractivity (Wildman–Crippen MR) is 59.1 cm³/mol. The molecule has 2 nitrogen and oxygen atoms in total. The lowest BCUT2D eigenvalue weighted by atomic mass is 10.4. The number of aromatic nitrogens is 1. The van der Waals surface area contributed by atoms with Crippen molar-refractivity contribution in [1.82, 2.24) is 4.98 Å². The number of pyridine rings is 1. The second-order valence-electron chi connectivity index (χ2n) is 2.47. The Kier molecular flexibility index (Phi) is 4.72. The highest BCUT2D eigenvalue weighted by molar-refractivity contribution is 8.14. The van der Waals surface area contributed by atoms with Crippen LogP contribution in [-0.4, -0.2) is 10.1 Å². The maximum absolute atomic E-state index is 11.3. The van der Waals surface area contributed by atoms with E-state index in [-0.39, 0.29) is 5.12 Å². The second kappa shape index (κ2) is 6.16. The summed E-state index contributed by atoms with van der Waals surface area (Å²) in [5, 5.41) is 0.712. The van der Waals surface area contributed by atoms with Crippen LogP contribution in [0.4, 0.5) is 0 Å². The largest absolute Gasteiger partial charge is 0.282 e. The van der Waals surface area contributed by atoms with Crippen LogP contribution in [0, 0.1) is 0 Å². The van der Waals surface area contributed by atoms with Gasteiger partial charge in [0.15, 0.2) is 0 Å². The molecule has 0 fully saturated rings. The van der Waals surface area contributed by atoms with E-state index in [2.05, 4.69) is 4.98 Å². The van der Waals surface area contributed by atoms with E-state index in [9.17, 15) is 4.79 Å². The molecule has 0 saturated heterocycles. The molecule has 1 aromatic heterocycles. The van der Waals surface area contributed by atoms with E-state index >= 15 is 0 Å². The van der Waals surface area contributed by atoms with E-state index in [1.165, 1.54) is 6.08 Å². The van der Waals surface area contributed by atoms with Crippen LogP contribution in [0.3, 0.4) is 0 Å². The number of carbonyl (C=O) groups excluding carboxylic acids is 1. The fourth-order valence-electron chi connectivity index (χ4n) is 0.790. The average Bonchev–Trinajstić information content (AvgIpc) is 2.20. The Morgan fingerprint density at radius 3 is 2.93 bits per heavy atom. The van der Waals surface area contributed by atoms with Gasteiger partial charge in [0.1, 0.15) is 5.03 Å². The summed E-state index contributed by atoms with van der Waals surface area (Å²) in [6.45, 7) is 1.90. The van der Waals surface area contributed by atoms with Gasteiger partial charge in [-0.1, -0.05) is 24.3 Å². The zero-order valence-electron chi connectivity index (χ0n) is 7.88. The van der Waals surface area contributed by atoms with Crippen molar-refractivity contribution in [2.45, 2.75) is 11.9 Å². The monoisotopic (exact) mass is 205 g/mol. The second-order valence-corrected chi connectivity index (χ2v) is 3.50. The van der Waals surface area contributed by atoms with Gasteiger partial charge in [-0.15, -0.1) is 0 Å². The molecular weight excluding hydrogens is 194 g/mol. The average molecular weight is 205 g/mol. The molecule has 1 aromatic rings. The highest BCUT2D eigenvalue weighted by atomic mass is 32.2. The smallest absolute Gasteiger partial charge is 0.218 e. The molecule has 1 heterocycles. The van der Waals surface area contributed by atoms with Gasteiger partial charge in [0.05, 0.1) is 0 Å². The lowest BCUT2D eigenvalue weighted by molar-refractivity contribution is -0.107. The topological polar surface area (TPSA) is 30.0 Å². The third-order valence-electron chi connectivity index (χ3n) is 1.38. The summed E-state index contributed by atoms with van der Waals surface area (Å²) in [4.78, 5) is 15.3. The molecule has 1 rings (SSSR count). The molecule has 0 saturated carbocycles. The molecule has 0 aliphatic carbocycles. The Balaban J connectivity index is 2.50. The van der Waals surface area contributed by atoms with Crippen molar-refractivity contribution in [3.8, 4) is 0 Å². The van der Waals surface area contributed by atoms with Crippen LogP contribution in [0.2, 0.25) is 0 Å². The van der Waals surface area contributed by atoms with E-state index in [4.69, 9.17) is 0 Å². The summed E-state index contributed by atoms with van der Waals surface area (Å²) >= 11 is 1.12. The van der Waals surface area contributed by atoms with Crippen molar-refractivity contribution >= 4 is 16.9 Å². The Hall–Kier alpha value is -1.35. The van der Waals surface area contributed by atoms with Crippen molar-refractivity contribution in [3.63, 3.8) is 0 Å². The summed E-state index contributed by atoms with van der Waals surface area (Å²) in [5.41, 5.74) is 0. The first-order valence-electron chi connectivity index (χ1n) is 4.25. The van der Waals surface area contributed by atoms with Gasteiger partial charge in [0.2, 0.25) is 5.12 Å². The SMILES string of the molecule is C/C=C/C=C/C(=O)Sc1ccccn1. The van der Waals surface area contributed by atoms with Crippen LogP contribution in [0.25, 0.3) is 0 Å². The Labute approximate surface area is 87.7 Å². The van der Waals surface area contributed by atoms with Crippen LogP contribution < -0.4 is 0 Å². The minimum atomic E-state index is -0.0122. The normalized spacial score (nSPS) is 11.2. The molecule has 0 aromatic carbocycles. The molecule has 14 heavy (non-hydrogen) atoms. The quantitative estimate of drug-likeness (QED) is 0.432. The number of carbonyl (C=O) groups is 1. The summed E-state index contributed by atoms with van der Waals surface area (Å²) in [7, 11) is 0. The molecule has 0 aliphatic rings. The van der Waals surface area contributed by atoms with Crippen LogP contribution in [0.15, 0.2) is 53.7 Å². The molecule has 0 spiro atoms. The fourth-order valence-corrected chi connectivity index (χ4v) is 1.40. The third-order valence-corrected chi connectivity index (χ3v) is 2.17. The zero-order chi connectivity index (χ0) is 10.2. The summed E-state index contributed by atoms with van der Waals surface area (Å²) in [5.74, 6) is 0. The van der Waals surface area contributed by atoms with Gasteiger partial charge in [-0.05, 0) is 36.9 Å². The van der Waals surface area contributed by atoms with Crippen molar-refractivity contribution in [2.75, 3.05) is 0 Å². The van der Waals surface area contributed by atoms with E-state index < -0.39 is 0 Å². The van der Waals surface area contributed by atoms with Gasteiger partial charge in [0.25, 0.3) is 0 Å². The van der Waals surface area contributed by atoms with Crippen molar-refractivity contribution in [3.05, 3.63) is 48.7 Å². The molecule has 3 heteroatoms. The standard InChI is InChI=1S/C11H11NOS/c1-2-3-4-8-11(13)14-10-7-5-6-9-12-10/h2-9H,1H3/b3-2+,8-4+. The van der Waals surface area contributed by atoms with Crippen molar-refractivity contribution in [1.29, 1.82) is 0 Å². The number of rotatable bonds is 3. The minimum absolute atomic E-state index is 0.0122. The third kappa shape index (κ3) is 4.05. The Morgan fingerprint density at radius 1 is 1.43 bits per heavy atom. The molecule has 0 radical (unpaired) electrons. The van der Waals surface area contributed by atoms with E-state index in [1.54, 1.807) is 12.3 Å². The molecule has 0 bridgehead atoms. The molecule has 0 amide bonds. The number of hydrogen-bond donors (Lipinski definition) is 0. The molecular formula is C11H11NOS. The van der Waals surface area contributed by atoms with Gasteiger partial charge >= 0.3 is 0 Å². The number of thioether (sulfide) groups is 1. The Bertz CT molecular complexity index is 344. The predicted octanol–water partition coefficient (Wildman–Crippen LogP) is 2.83. The molecule has 0 aliphatic heterocycles. The zero-order valence-corrected chi connectivity index (χ0v) is 8.70. The van der Waals surface area contributed by atoms with Gasteiger partial charge in [-0.25, -0.2) is 4.98 Å². The van der Waals surface area contributed by atoms with Crippen molar-refractivity contribution in [2.24, 2.45) is 0 Å². The van der Waals surface area contributed by atoms with Gasteiger partial charge < -0.3 is 0 Å². The van der Waals surface area contributed by atoms with Gasteiger partial charge in [-0.3, -0.25) is 4.79 Å². The van der Waals surface area contributed by atoms with E-state index in [0.29, 0.717) is 0 Å². The lowest BCUT2D eigenvalue weighted by Crippen LogP contribution is -1.85. The lowest BCUT2D eigenvalue weighted by Gasteiger charge is -1.93. The molecule has 0 unspecified atom stereocenters. The number of nitrogens with zero attached hydrogens (tertiary/aromatic N) is 1. The first kappa shape index (κ1) is 10.7. The molecule has 72 valence electrons. The maximum Gasteiger partial charge on any atom is 0.218 e. The number of hydrogen-bond acceptors (Lipinski definition) is 3. The van der Waals surface area contributed by atoms with Crippen LogP contribution in [0.1, 0.15) is 6.92 Å². The van der Waals surface area contributed by atoms with Crippen LogP contribution in [0.5, 0.6) is 0 Å². The minimum Gasteiger partial charge on any atom is -0.282 e. The molecule has 0 atom stereocenters. The van der Waals surface area contributed by atoms with Gasteiger partial charge in [-0.2, -0.15) is 0 Å². The van der Waals surface area contributed by atoms with E-state index in [0.717, 1.165) is 16.8 Å². The fraction of sp³-hybridized carbons (Fsp3) is 0.0909. The first-order valence-corrected chi connectivity index (χ1v) is 5.07. The van der Waals surface area contributed by atoms with Crippen LogP contribution in [-0.2, 0) is 4.79 Å². The highest BCUT2D eigenvalue weighted by Gasteiger charge is 1.99. The maximum atomic E-state index is 11.3. The molecule has 0 N–H and O–H groups in total. The Morgan fingerprint density at radius 2 is 2.29 bits per heavy atom. The van der Waals surface area contributed by atoms with Crippen LogP contribution >= 0.6 is 11.8 Å². The summed E-state index contributed by atoms with van der Waals surface area (Å²) < 4.78 is 0. The first-order chi connectivity index (χ1) is 6.83. The van der Waals surface area contributed by atoms with Gasteiger partial charge in [0, 0.05) is 6.20 Å².